The summed E-state index contributed by atoms with van der Waals surface area (Å²) in [6.07, 6.45) is 10.7. The van der Waals surface area contributed by atoms with E-state index in [-0.39, 0.29) is 43.6 Å². The average Bonchev–Trinajstić information content (AvgIpc) is 4.09. The number of sulfonamides is 1. The molecule has 54 heavy (non-hydrogen) atoms. The predicted octanol–water partition coefficient (Wildman–Crippen LogP) is 4.65. The van der Waals surface area contributed by atoms with Crippen molar-refractivity contribution in [2.45, 2.75) is 112 Å². The molecule has 4 N–H and O–H groups in total. The van der Waals surface area contributed by atoms with Gasteiger partial charge in [0.25, 0.3) is 5.91 Å². The highest BCUT2D eigenvalue weighted by Gasteiger charge is 2.62. The van der Waals surface area contributed by atoms with Crippen LogP contribution in [0.2, 0.25) is 0 Å². The van der Waals surface area contributed by atoms with Gasteiger partial charge in [0.2, 0.25) is 21.8 Å². The maximum Gasteiger partial charge on any atom is 0.259 e. The van der Waals surface area contributed by atoms with Crippen molar-refractivity contribution >= 4 is 62.4 Å². The number of rotatable bonds is 8. The number of thiazole rings is 1. The molecule has 0 bridgehead atoms. The number of nitrogens with two attached hydrogens (primary N) is 1. The van der Waals surface area contributed by atoms with E-state index in [2.05, 4.69) is 15.4 Å². The number of fused-ring (bicyclic) bond motifs is 3. The van der Waals surface area contributed by atoms with Gasteiger partial charge in [-0.05, 0) is 70.4 Å². The smallest absolute Gasteiger partial charge is 0.259 e. The zero-order valence-electron chi connectivity index (χ0n) is 30.4. The maximum absolute atomic E-state index is 14.3. The van der Waals surface area contributed by atoms with Gasteiger partial charge in [-0.1, -0.05) is 25.0 Å². The number of nitrogens with zero attached hydrogens (tertiary/aromatic N) is 3. The van der Waals surface area contributed by atoms with Gasteiger partial charge in [-0.15, -0.1) is 23.7 Å². The van der Waals surface area contributed by atoms with Crippen LogP contribution in [0.4, 0.5) is 0 Å². The fourth-order valence-corrected chi connectivity index (χ4v) is 9.92. The fraction of sp³-hybridized carbons (Fsp3) is 0.553. The molecule has 2 aliphatic heterocycles. The lowest BCUT2D eigenvalue weighted by Gasteiger charge is -2.28. The Labute approximate surface area is 325 Å². The van der Waals surface area contributed by atoms with Crippen LogP contribution in [0.3, 0.4) is 0 Å². The predicted molar refractivity (Wildman–Crippen MR) is 207 cm³/mol. The summed E-state index contributed by atoms with van der Waals surface area (Å²) in [5.74, 6) is -0.306. The molecule has 5 aliphatic rings. The lowest BCUT2D eigenvalue weighted by Crippen LogP contribution is -2.57. The Kier molecular flexibility index (Phi) is 10.7. The molecule has 1 aromatic carbocycles. The number of methoxy groups -OCH3 is 1. The zero-order chi connectivity index (χ0) is 37.1. The van der Waals surface area contributed by atoms with Crippen molar-refractivity contribution < 1.29 is 32.3 Å². The number of pyridine rings is 1. The summed E-state index contributed by atoms with van der Waals surface area (Å²) in [6.45, 7) is 2.04. The van der Waals surface area contributed by atoms with Gasteiger partial charge in [-0.3, -0.25) is 19.1 Å². The first-order valence-corrected chi connectivity index (χ1v) is 21.1. The summed E-state index contributed by atoms with van der Waals surface area (Å²) in [5, 5.41) is 5.94. The largest absolute Gasteiger partial charge is 0.496 e. The number of hydrogen-bond acceptors (Lipinski definition) is 11. The molecule has 16 heteroatoms. The summed E-state index contributed by atoms with van der Waals surface area (Å²) >= 11 is 1.54. The first kappa shape index (κ1) is 38.5. The molecule has 3 aliphatic carbocycles. The third-order valence-corrected chi connectivity index (χ3v) is 14.0. The number of carbonyl (C=O) groups is 3. The average molecular weight is 799 g/mol. The topological polar surface area (TPSA) is 183 Å². The van der Waals surface area contributed by atoms with Crippen molar-refractivity contribution in [3.8, 4) is 22.2 Å². The molecule has 3 amide bonds. The third-order valence-electron chi connectivity index (χ3n) is 11.3. The minimum atomic E-state index is -3.85. The van der Waals surface area contributed by atoms with E-state index in [9.17, 15) is 22.8 Å². The Morgan fingerprint density at radius 1 is 1.09 bits per heavy atom. The minimum Gasteiger partial charge on any atom is -0.496 e. The van der Waals surface area contributed by atoms with Crippen molar-refractivity contribution in [2.24, 2.45) is 11.7 Å². The van der Waals surface area contributed by atoms with E-state index >= 15 is 0 Å². The summed E-state index contributed by atoms with van der Waals surface area (Å²) in [4.78, 5) is 53.3. The number of halogens is 1. The number of hydrogen-bond donors (Lipinski definition) is 3. The fourth-order valence-electron chi connectivity index (χ4n) is 7.70. The second-order valence-electron chi connectivity index (χ2n) is 15.2. The van der Waals surface area contributed by atoms with E-state index < -0.39 is 50.8 Å². The van der Waals surface area contributed by atoms with Gasteiger partial charge >= 0.3 is 0 Å². The highest BCUT2D eigenvalue weighted by molar-refractivity contribution is 7.91. The second-order valence-corrected chi connectivity index (χ2v) is 18.1. The van der Waals surface area contributed by atoms with Crippen molar-refractivity contribution in [1.82, 2.24) is 24.9 Å². The van der Waals surface area contributed by atoms with E-state index in [1.54, 1.807) is 7.11 Å². The normalized spacial score (nSPS) is 28.1. The maximum atomic E-state index is 14.3. The van der Waals surface area contributed by atoms with E-state index in [1.165, 1.54) is 16.2 Å². The van der Waals surface area contributed by atoms with Crippen LogP contribution in [-0.4, -0.2) is 83.6 Å². The molecule has 2 unspecified atom stereocenters. The van der Waals surface area contributed by atoms with Crippen LogP contribution >= 0.6 is 23.7 Å². The number of ether oxygens (including phenoxy) is 2. The van der Waals surface area contributed by atoms with Gasteiger partial charge in [-0.25, -0.2) is 18.4 Å². The molecule has 3 saturated carbocycles. The Morgan fingerprint density at radius 3 is 2.63 bits per heavy atom. The van der Waals surface area contributed by atoms with Crippen molar-refractivity contribution in [3.05, 3.63) is 47.0 Å². The van der Waals surface area contributed by atoms with Crippen LogP contribution in [0, 0.1) is 12.8 Å². The highest BCUT2D eigenvalue weighted by atomic mass is 35.5. The molecule has 8 rings (SSSR count). The summed E-state index contributed by atoms with van der Waals surface area (Å²) in [6, 6.07) is 3.82. The number of aromatic nitrogens is 2. The lowest BCUT2D eigenvalue weighted by molar-refractivity contribution is -0.140. The molecular formula is C38H47ClN6O7S2. The molecule has 0 spiro atoms. The SMILES string of the molecule is COc1ccc2c(O[C@@H]3C[C@H]4C(=O)N[C@]5(C(=O)NS(=O)(=O)C6CC6)CC5/C=C/CCCCCC(N)C(=O)N4C3)cc(-c3nc(C4CC4)cs3)nc2c1C.Cl. The van der Waals surface area contributed by atoms with Crippen LogP contribution in [-0.2, 0) is 24.4 Å². The van der Waals surface area contributed by atoms with Crippen molar-refractivity contribution in [2.75, 3.05) is 13.7 Å². The summed E-state index contributed by atoms with van der Waals surface area (Å²) in [5.41, 5.74) is 8.30. The minimum absolute atomic E-state index is 0. The van der Waals surface area contributed by atoms with Crippen LogP contribution in [0.5, 0.6) is 11.5 Å². The van der Waals surface area contributed by atoms with Crippen LogP contribution in [0.15, 0.2) is 35.7 Å². The van der Waals surface area contributed by atoms with E-state index in [0.717, 1.165) is 60.2 Å². The van der Waals surface area contributed by atoms with E-state index in [4.69, 9.17) is 25.2 Å². The number of aryl methyl sites for hydroxylation is 1. The van der Waals surface area contributed by atoms with E-state index in [1.807, 2.05) is 37.3 Å². The molecule has 1 saturated heterocycles. The number of amides is 3. The number of carbonyl (C=O) groups excluding carboxylic acids is 3. The van der Waals surface area contributed by atoms with Crippen LogP contribution in [0.25, 0.3) is 21.6 Å². The number of allylic oxidation sites excluding steroid dienone is 1. The van der Waals surface area contributed by atoms with Gasteiger partial charge in [0, 0.05) is 40.7 Å². The van der Waals surface area contributed by atoms with Crippen molar-refractivity contribution in [1.29, 1.82) is 0 Å². The summed E-state index contributed by atoms with van der Waals surface area (Å²) in [7, 11) is -2.23. The van der Waals surface area contributed by atoms with Gasteiger partial charge < -0.3 is 25.4 Å². The van der Waals surface area contributed by atoms with Gasteiger partial charge in [-0.2, -0.15) is 0 Å². The molecule has 290 valence electrons. The Hall–Kier alpha value is -3.79. The zero-order valence-corrected chi connectivity index (χ0v) is 32.9. The van der Waals surface area contributed by atoms with Crippen LogP contribution in [0.1, 0.15) is 87.8 Å². The standard InChI is InChI=1S/C38H46N6O7S2.ClH/c1-21-31(50-2)15-14-26-32(17-28(40-33(21)26)35-41-29(20-52-35)22-10-11-22)51-24-16-30-34(45)42-38(37(47)43-53(48,49)25-12-13-25)18-23(38)8-6-4-3-5-7-9-27(39)36(46)44(30)19-24;/h6,8,14-15,17,20,22-25,27,30H,3-5,7,9-13,16,18-19,39H2,1-2H3,(H,42,45)(H,43,47);1H/b8-6+;/t23?,24-,27?,30+,38-;/m1./s1. The molecule has 4 heterocycles. The molecule has 4 fully saturated rings. The molecule has 2 aromatic heterocycles. The number of nitrogens with one attached hydrogen (secondary N) is 2. The molecular weight excluding hydrogens is 752 g/mol. The van der Waals surface area contributed by atoms with Gasteiger partial charge in [0.1, 0.15) is 39.9 Å². The first-order chi connectivity index (χ1) is 25.5. The monoisotopic (exact) mass is 798 g/mol. The molecule has 5 atom stereocenters. The van der Waals surface area contributed by atoms with Crippen molar-refractivity contribution in [3.63, 3.8) is 0 Å². The third kappa shape index (κ3) is 7.56. The highest BCUT2D eigenvalue weighted by Crippen LogP contribution is 2.46. The molecule has 13 nitrogen and oxygen atoms in total. The Balaban J connectivity index is 0.00000450. The number of benzene rings is 1. The Morgan fingerprint density at radius 2 is 1.89 bits per heavy atom. The molecule has 0 radical (unpaired) electrons. The Bertz CT molecular complexity index is 2100. The van der Waals surface area contributed by atoms with Crippen LogP contribution < -0.4 is 25.2 Å². The van der Waals surface area contributed by atoms with Gasteiger partial charge in [0.15, 0.2) is 0 Å². The quantitative estimate of drug-likeness (QED) is 0.271. The summed E-state index contributed by atoms with van der Waals surface area (Å²) < 4.78 is 40.2. The first-order valence-electron chi connectivity index (χ1n) is 18.7. The lowest BCUT2D eigenvalue weighted by atomic mass is 10.1. The van der Waals surface area contributed by atoms with Gasteiger partial charge in [0.05, 0.1) is 36.2 Å². The van der Waals surface area contributed by atoms with E-state index in [0.29, 0.717) is 47.9 Å². The second kappa shape index (κ2) is 15.0. The molecule has 3 aromatic rings.